The molecule has 0 aliphatic heterocycles. The van der Waals surface area contributed by atoms with Gasteiger partial charge in [0.1, 0.15) is 0 Å². The van der Waals surface area contributed by atoms with Crippen LogP contribution in [0.25, 0.3) is 0 Å². The standard InChI is InChI=1S/C18H24O2/c1-14-10-11-18(4,17(2,3)12-14)13-20-16(19)15-8-6-5-7-9-15/h5-9,12H,10-11,13H2,1-4H3. The van der Waals surface area contributed by atoms with Gasteiger partial charge in [0.15, 0.2) is 0 Å². The zero-order valence-corrected chi connectivity index (χ0v) is 12.9. The Bertz CT molecular complexity index is 513. The fourth-order valence-electron chi connectivity index (χ4n) is 2.80. The first-order valence-corrected chi connectivity index (χ1v) is 7.25. The zero-order chi connectivity index (χ0) is 14.8. The average Bonchev–Trinajstić information content (AvgIpc) is 2.41. The Hall–Kier alpha value is -1.57. The summed E-state index contributed by atoms with van der Waals surface area (Å²) in [5.74, 6) is -0.228. The lowest BCUT2D eigenvalue weighted by Gasteiger charge is -2.45. The van der Waals surface area contributed by atoms with E-state index >= 15 is 0 Å². The molecule has 1 aromatic carbocycles. The average molecular weight is 272 g/mol. The summed E-state index contributed by atoms with van der Waals surface area (Å²) in [4.78, 5) is 12.1. The summed E-state index contributed by atoms with van der Waals surface area (Å²) in [5, 5.41) is 0. The first-order chi connectivity index (χ1) is 9.34. The van der Waals surface area contributed by atoms with Crippen LogP contribution >= 0.6 is 0 Å². The van der Waals surface area contributed by atoms with E-state index in [1.165, 1.54) is 5.57 Å². The zero-order valence-electron chi connectivity index (χ0n) is 12.9. The molecule has 2 nitrogen and oxygen atoms in total. The van der Waals surface area contributed by atoms with Crippen molar-refractivity contribution in [2.24, 2.45) is 10.8 Å². The second-order valence-electron chi connectivity index (χ2n) is 6.72. The van der Waals surface area contributed by atoms with Gasteiger partial charge in [-0.1, -0.05) is 50.6 Å². The molecule has 0 spiro atoms. The molecule has 0 amide bonds. The minimum absolute atomic E-state index is 0.00303. The number of esters is 1. The van der Waals surface area contributed by atoms with Crippen LogP contribution in [0, 0.1) is 10.8 Å². The summed E-state index contributed by atoms with van der Waals surface area (Å²) in [5.41, 5.74) is 2.10. The quantitative estimate of drug-likeness (QED) is 0.593. The highest BCUT2D eigenvalue weighted by Gasteiger charge is 2.42. The molecule has 0 saturated carbocycles. The normalized spacial score (nSPS) is 24.9. The van der Waals surface area contributed by atoms with Crippen molar-refractivity contribution in [2.75, 3.05) is 6.61 Å². The van der Waals surface area contributed by atoms with Crippen molar-refractivity contribution >= 4 is 5.97 Å². The lowest BCUT2D eigenvalue weighted by atomic mass is 9.61. The minimum atomic E-state index is -0.228. The molecule has 2 heteroatoms. The Labute approximate surface area is 121 Å². The van der Waals surface area contributed by atoms with Gasteiger partial charge >= 0.3 is 5.97 Å². The molecule has 1 aromatic rings. The maximum atomic E-state index is 12.1. The van der Waals surface area contributed by atoms with Crippen LogP contribution in [0.1, 0.15) is 50.9 Å². The number of carbonyl (C=O) groups excluding carboxylic acids is 1. The van der Waals surface area contributed by atoms with Crippen molar-refractivity contribution in [3.05, 3.63) is 47.5 Å². The minimum Gasteiger partial charge on any atom is -0.461 e. The Morgan fingerprint density at radius 1 is 1.20 bits per heavy atom. The third-order valence-corrected chi connectivity index (χ3v) is 4.77. The van der Waals surface area contributed by atoms with Gasteiger partial charge in [-0.05, 0) is 37.3 Å². The predicted octanol–water partition coefficient (Wildman–Crippen LogP) is 4.62. The first-order valence-electron chi connectivity index (χ1n) is 7.25. The van der Waals surface area contributed by atoms with Crippen molar-refractivity contribution in [3.63, 3.8) is 0 Å². The van der Waals surface area contributed by atoms with Gasteiger partial charge in [-0.15, -0.1) is 0 Å². The fourth-order valence-corrected chi connectivity index (χ4v) is 2.80. The molecule has 1 unspecified atom stereocenters. The Balaban J connectivity index is 2.05. The number of hydrogen-bond acceptors (Lipinski definition) is 2. The lowest BCUT2D eigenvalue weighted by Crippen LogP contribution is -2.41. The van der Waals surface area contributed by atoms with Gasteiger partial charge in [0.2, 0.25) is 0 Å². The lowest BCUT2D eigenvalue weighted by molar-refractivity contribution is -0.00170. The number of allylic oxidation sites excluding steroid dienone is 2. The summed E-state index contributed by atoms with van der Waals surface area (Å²) < 4.78 is 5.57. The highest BCUT2D eigenvalue weighted by molar-refractivity contribution is 5.89. The fraction of sp³-hybridized carbons (Fsp3) is 0.500. The van der Waals surface area contributed by atoms with E-state index in [0.29, 0.717) is 12.2 Å². The summed E-state index contributed by atoms with van der Waals surface area (Å²) >= 11 is 0. The summed E-state index contributed by atoms with van der Waals surface area (Å²) in [6, 6.07) is 9.20. The highest BCUT2D eigenvalue weighted by Crippen LogP contribution is 2.48. The largest absolute Gasteiger partial charge is 0.461 e. The molecular weight excluding hydrogens is 248 g/mol. The van der Waals surface area contributed by atoms with Gasteiger partial charge < -0.3 is 4.74 Å². The van der Waals surface area contributed by atoms with E-state index in [1.807, 2.05) is 18.2 Å². The maximum absolute atomic E-state index is 12.1. The summed E-state index contributed by atoms with van der Waals surface area (Å²) in [6.45, 7) is 9.32. The Morgan fingerprint density at radius 2 is 1.85 bits per heavy atom. The van der Waals surface area contributed by atoms with Crippen LogP contribution in [0.15, 0.2) is 42.0 Å². The van der Waals surface area contributed by atoms with Gasteiger partial charge in [0.25, 0.3) is 0 Å². The van der Waals surface area contributed by atoms with E-state index in [2.05, 4.69) is 33.8 Å². The van der Waals surface area contributed by atoms with Gasteiger partial charge in [-0.25, -0.2) is 4.79 Å². The van der Waals surface area contributed by atoms with Crippen LogP contribution in [-0.4, -0.2) is 12.6 Å². The van der Waals surface area contributed by atoms with Gasteiger partial charge in [-0.2, -0.15) is 0 Å². The molecule has 0 heterocycles. The molecule has 0 radical (unpaired) electrons. The molecule has 0 saturated heterocycles. The maximum Gasteiger partial charge on any atom is 0.338 e. The molecule has 0 aromatic heterocycles. The molecule has 0 fully saturated rings. The van der Waals surface area contributed by atoms with Gasteiger partial charge in [0, 0.05) is 5.41 Å². The molecule has 0 N–H and O–H groups in total. The van der Waals surface area contributed by atoms with Crippen molar-refractivity contribution in [1.29, 1.82) is 0 Å². The molecule has 0 bridgehead atoms. The van der Waals surface area contributed by atoms with Crippen LogP contribution in [0.3, 0.4) is 0 Å². The predicted molar refractivity (Wildman–Crippen MR) is 81.6 cm³/mol. The Kier molecular flexibility index (Phi) is 4.03. The van der Waals surface area contributed by atoms with Gasteiger partial charge in [-0.3, -0.25) is 0 Å². The molecule has 108 valence electrons. The van der Waals surface area contributed by atoms with E-state index in [4.69, 9.17) is 4.74 Å². The third kappa shape index (κ3) is 2.95. The van der Waals surface area contributed by atoms with Crippen LogP contribution < -0.4 is 0 Å². The monoisotopic (exact) mass is 272 g/mol. The second-order valence-corrected chi connectivity index (χ2v) is 6.72. The summed E-state index contributed by atoms with van der Waals surface area (Å²) in [7, 11) is 0. The molecule has 1 atom stereocenters. The van der Waals surface area contributed by atoms with Crippen LogP contribution in [0.4, 0.5) is 0 Å². The second kappa shape index (κ2) is 5.43. The van der Waals surface area contributed by atoms with E-state index < -0.39 is 0 Å². The Morgan fingerprint density at radius 3 is 2.45 bits per heavy atom. The number of carbonyl (C=O) groups is 1. The van der Waals surface area contributed by atoms with Gasteiger partial charge in [0.05, 0.1) is 12.2 Å². The summed E-state index contributed by atoms with van der Waals surface area (Å²) in [6.07, 6.45) is 4.47. The molecular formula is C18H24O2. The number of rotatable bonds is 3. The van der Waals surface area contributed by atoms with E-state index in [1.54, 1.807) is 12.1 Å². The highest BCUT2D eigenvalue weighted by atomic mass is 16.5. The van der Waals surface area contributed by atoms with Crippen molar-refractivity contribution < 1.29 is 9.53 Å². The SMILES string of the molecule is CC1=CC(C)(C)C(C)(COC(=O)c2ccccc2)CC1. The number of benzene rings is 1. The van der Waals surface area contributed by atoms with E-state index in [-0.39, 0.29) is 16.8 Å². The van der Waals surface area contributed by atoms with Crippen LogP contribution in [0.2, 0.25) is 0 Å². The molecule has 1 aliphatic rings. The number of ether oxygens (including phenoxy) is 1. The molecule has 1 aliphatic carbocycles. The van der Waals surface area contributed by atoms with Crippen molar-refractivity contribution in [3.8, 4) is 0 Å². The topological polar surface area (TPSA) is 26.3 Å². The number of hydrogen-bond donors (Lipinski definition) is 0. The van der Waals surface area contributed by atoms with E-state index in [0.717, 1.165) is 12.8 Å². The van der Waals surface area contributed by atoms with Crippen LogP contribution in [-0.2, 0) is 4.74 Å². The van der Waals surface area contributed by atoms with E-state index in [9.17, 15) is 4.79 Å². The first kappa shape index (κ1) is 14.8. The third-order valence-electron chi connectivity index (χ3n) is 4.77. The van der Waals surface area contributed by atoms with Crippen molar-refractivity contribution in [2.45, 2.75) is 40.5 Å². The smallest absolute Gasteiger partial charge is 0.338 e. The van der Waals surface area contributed by atoms with Crippen molar-refractivity contribution in [1.82, 2.24) is 0 Å². The molecule has 20 heavy (non-hydrogen) atoms. The van der Waals surface area contributed by atoms with Crippen LogP contribution in [0.5, 0.6) is 0 Å². The molecule has 2 rings (SSSR count).